The molecular formula is C40H76O2. The molecule has 248 valence electrons. The third-order valence-electron chi connectivity index (χ3n) is 8.56. The van der Waals surface area contributed by atoms with Gasteiger partial charge in [-0.2, -0.15) is 0 Å². The van der Waals surface area contributed by atoms with E-state index in [4.69, 9.17) is 4.74 Å². The number of ether oxygens (including phenoxy) is 1. The molecular weight excluding hydrogens is 512 g/mol. The Morgan fingerprint density at radius 3 is 1.02 bits per heavy atom. The van der Waals surface area contributed by atoms with Crippen molar-refractivity contribution in [3.63, 3.8) is 0 Å². The molecule has 0 amide bonds. The molecule has 0 bridgehead atoms. The lowest BCUT2D eigenvalue weighted by atomic mass is 10.1. The summed E-state index contributed by atoms with van der Waals surface area (Å²) < 4.78 is 5.45. The fraction of sp³-hybridized carbons (Fsp3) is 0.875. The average molecular weight is 589 g/mol. The second-order valence-electron chi connectivity index (χ2n) is 12.9. The normalized spacial score (nSPS) is 11.8. The smallest absolute Gasteiger partial charge is 0.305 e. The van der Waals surface area contributed by atoms with E-state index in [0.717, 1.165) is 19.3 Å². The van der Waals surface area contributed by atoms with Crippen molar-refractivity contribution < 1.29 is 9.53 Å². The monoisotopic (exact) mass is 589 g/mol. The third-order valence-corrected chi connectivity index (χ3v) is 8.56. The molecule has 0 aromatic heterocycles. The maximum absolute atomic E-state index is 11.9. The minimum absolute atomic E-state index is 0.0147. The van der Waals surface area contributed by atoms with Gasteiger partial charge in [0, 0.05) is 6.42 Å². The van der Waals surface area contributed by atoms with Gasteiger partial charge < -0.3 is 4.74 Å². The quantitative estimate of drug-likeness (QED) is 0.0418. The van der Waals surface area contributed by atoms with Crippen LogP contribution in [0.2, 0.25) is 0 Å². The van der Waals surface area contributed by atoms with Crippen molar-refractivity contribution in [2.75, 3.05) is 6.61 Å². The van der Waals surface area contributed by atoms with Gasteiger partial charge in [-0.05, 0) is 64.2 Å². The summed E-state index contributed by atoms with van der Waals surface area (Å²) in [5.41, 5.74) is 0. The summed E-state index contributed by atoms with van der Waals surface area (Å²) in [5, 5.41) is 0. The Bertz CT molecular complexity index is 564. The van der Waals surface area contributed by atoms with E-state index in [1.165, 1.54) is 180 Å². The summed E-state index contributed by atoms with van der Waals surface area (Å²) in [6, 6.07) is 0. The number of hydrogen-bond acceptors (Lipinski definition) is 2. The van der Waals surface area contributed by atoms with E-state index >= 15 is 0 Å². The van der Waals surface area contributed by atoms with Crippen LogP contribution in [-0.4, -0.2) is 12.6 Å². The van der Waals surface area contributed by atoms with Gasteiger partial charge in [0.1, 0.15) is 0 Å². The summed E-state index contributed by atoms with van der Waals surface area (Å²) in [5.74, 6) is 0.0147. The van der Waals surface area contributed by atoms with Crippen molar-refractivity contribution in [1.82, 2.24) is 0 Å². The van der Waals surface area contributed by atoms with Crippen LogP contribution in [0.1, 0.15) is 219 Å². The first-order chi connectivity index (χ1) is 20.8. The SMILES string of the molecule is CCCCCCCC/C=C\CCCCCCCCCCCCOC(=O)CCCCCCC/C=C\CCCCCCCC. The number of esters is 1. The van der Waals surface area contributed by atoms with E-state index in [1.54, 1.807) is 0 Å². The van der Waals surface area contributed by atoms with Gasteiger partial charge in [-0.25, -0.2) is 0 Å². The molecule has 0 unspecified atom stereocenters. The highest BCUT2D eigenvalue weighted by Gasteiger charge is 2.02. The largest absolute Gasteiger partial charge is 0.466 e. The molecule has 0 heterocycles. The standard InChI is InChI=1S/C40H76O2/c1-3-5-7-9-11-13-15-17-19-20-21-22-23-25-27-29-31-33-35-37-39-42-40(41)38-36-34-32-30-28-26-24-18-16-14-12-10-8-6-4-2/h17-19,24H,3-16,20-23,25-39H2,1-2H3/b19-17-,24-18-. The van der Waals surface area contributed by atoms with E-state index in [9.17, 15) is 4.79 Å². The lowest BCUT2D eigenvalue weighted by Gasteiger charge is -2.05. The summed E-state index contributed by atoms with van der Waals surface area (Å²) in [7, 11) is 0. The fourth-order valence-electron chi connectivity index (χ4n) is 5.65. The van der Waals surface area contributed by atoms with Gasteiger partial charge in [-0.3, -0.25) is 4.79 Å². The molecule has 42 heavy (non-hydrogen) atoms. The minimum Gasteiger partial charge on any atom is -0.466 e. The van der Waals surface area contributed by atoms with E-state index in [-0.39, 0.29) is 5.97 Å². The Kier molecular flexibility index (Phi) is 37.0. The molecule has 0 spiro atoms. The van der Waals surface area contributed by atoms with Crippen molar-refractivity contribution in [3.05, 3.63) is 24.3 Å². The van der Waals surface area contributed by atoms with Crippen molar-refractivity contribution in [2.24, 2.45) is 0 Å². The van der Waals surface area contributed by atoms with Gasteiger partial charge in [0.25, 0.3) is 0 Å². The molecule has 0 saturated carbocycles. The zero-order chi connectivity index (χ0) is 30.4. The van der Waals surface area contributed by atoms with Crippen LogP contribution in [0, 0.1) is 0 Å². The molecule has 0 radical (unpaired) electrons. The molecule has 0 rings (SSSR count). The highest BCUT2D eigenvalue weighted by atomic mass is 16.5. The van der Waals surface area contributed by atoms with Gasteiger partial charge in [-0.15, -0.1) is 0 Å². The Balaban J connectivity index is 3.21. The molecule has 0 aliphatic carbocycles. The van der Waals surface area contributed by atoms with Crippen molar-refractivity contribution in [3.8, 4) is 0 Å². The minimum atomic E-state index is 0.0147. The van der Waals surface area contributed by atoms with Crippen LogP contribution in [0.5, 0.6) is 0 Å². The van der Waals surface area contributed by atoms with Gasteiger partial charge in [0.2, 0.25) is 0 Å². The number of carbonyl (C=O) groups excluding carboxylic acids is 1. The van der Waals surface area contributed by atoms with Crippen molar-refractivity contribution in [2.45, 2.75) is 219 Å². The molecule has 0 saturated heterocycles. The van der Waals surface area contributed by atoms with E-state index in [0.29, 0.717) is 13.0 Å². The Morgan fingerprint density at radius 2 is 0.667 bits per heavy atom. The summed E-state index contributed by atoms with van der Waals surface area (Å²) >= 11 is 0. The second-order valence-corrected chi connectivity index (χ2v) is 12.9. The first-order valence-electron chi connectivity index (χ1n) is 19.3. The number of hydrogen-bond donors (Lipinski definition) is 0. The molecule has 0 fully saturated rings. The van der Waals surface area contributed by atoms with Crippen LogP contribution < -0.4 is 0 Å². The van der Waals surface area contributed by atoms with Gasteiger partial charge >= 0.3 is 5.97 Å². The molecule has 0 aromatic rings. The van der Waals surface area contributed by atoms with Crippen LogP contribution >= 0.6 is 0 Å². The number of rotatable bonds is 35. The summed E-state index contributed by atoms with van der Waals surface area (Å²) in [4.78, 5) is 11.9. The molecule has 0 aliphatic rings. The molecule has 0 aromatic carbocycles. The highest BCUT2D eigenvalue weighted by Crippen LogP contribution is 2.13. The van der Waals surface area contributed by atoms with Crippen molar-refractivity contribution >= 4 is 5.97 Å². The van der Waals surface area contributed by atoms with E-state index < -0.39 is 0 Å². The van der Waals surface area contributed by atoms with Gasteiger partial charge in [-0.1, -0.05) is 173 Å². The second kappa shape index (κ2) is 38.0. The Morgan fingerprint density at radius 1 is 0.381 bits per heavy atom. The van der Waals surface area contributed by atoms with Crippen molar-refractivity contribution in [1.29, 1.82) is 0 Å². The summed E-state index contributed by atoms with van der Waals surface area (Å²) in [6.07, 6.45) is 51.1. The molecule has 0 atom stereocenters. The average Bonchev–Trinajstić information content (AvgIpc) is 3.00. The predicted molar refractivity (Wildman–Crippen MR) is 188 cm³/mol. The lowest BCUT2D eigenvalue weighted by Crippen LogP contribution is -2.05. The van der Waals surface area contributed by atoms with Crippen LogP contribution in [0.4, 0.5) is 0 Å². The highest BCUT2D eigenvalue weighted by molar-refractivity contribution is 5.69. The number of carbonyl (C=O) groups is 1. The van der Waals surface area contributed by atoms with Gasteiger partial charge in [0.05, 0.1) is 6.61 Å². The fourth-order valence-corrected chi connectivity index (χ4v) is 5.65. The van der Waals surface area contributed by atoms with Crippen LogP contribution in [0.3, 0.4) is 0 Å². The topological polar surface area (TPSA) is 26.3 Å². The maximum atomic E-state index is 11.9. The lowest BCUT2D eigenvalue weighted by molar-refractivity contribution is -0.143. The molecule has 2 heteroatoms. The number of allylic oxidation sites excluding steroid dienone is 4. The van der Waals surface area contributed by atoms with Gasteiger partial charge in [0.15, 0.2) is 0 Å². The molecule has 0 aliphatic heterocycles. The Hall–Kier alpha value is -1.05. The van der Waals surface area contributed by atoms with Crippen LogP contribution in [0.15, 0.2) is 24.3 Å². The van der Waals surface area contributed by atoms with Crippen LogP contribution in [-0.2, 0) is 9.53 Å². The first-order valence-corrected chi connectivity index (χ1v) is 19.3. The predicted octanol–water partition coefficient (Wildman–Crippen LogP) is 14.2. The van der Waals surface area contributed by atoms with E-state index in [1.807, 2.05) is 0 Å². The first kappa shape index (κ1) is 41.0. The third kappa shape index (κ3) is 37.0. The Labute approximate surface area is 265 Å². The zero-order valence-electron chi connectivity index (χ0n) is 29.0. The van der Waals surface area contributed by atoms with Crippen LogP contribution in [0.25, 0.3) is 0 Å². The summed E-state index contributed by atoms with van der Waals surface area (Å²) in [6.45, 7) is 5.19. The van der Waals surface area contributed by atoms with E-state index in [2.05, 4.69) is 38.2 Å². The number of unbranched alkanes of at least 4 members (excludes halogenated alkanes) is 27. The maximum Gasteiger partial charge on any atom is 0.305 e. The molecule has 0 N–H and O–H groups in total. The zero-order valence-corrected chi connectivity index (χ0v) is 29.0. The molecule has 2 nitrogen and oxygen atoms in total.